The number of pyridine rings is 1. The van der Waals surface area contributed by atoms with E-state index in [1.807, 2.05) is 0 Å². The van der Waals surface area contributed by atoms with E-state index < -0.39 is 0 Å². The molecule has 1 heterocycles. The van der Waals surface area contributed by atoms with Crippen LogP contribution in [0.4, 0.5) is 0 Å². The maximum absolute atomic E-state index is 12.1. The summed E-state index contributed by atoms with van der Waals surface area (Å²) in [6.07, 6.45) is 7.37. The van der Waals surface area contributed by atoms with Gasteiger partial charge in [-0.1, -0.05) is 31.4 Å². The Bertz CT molecular complexity index is 442. The molecule has 19 heavy (non-hydrogen) atoms. The maximum atomic E-state index is 12.1. The predicted molar refractivity (Wildman–Crippen MR) is 75.5 cm³/mol. The van der Waals surface area contributed by atoms with Gasteiger partial charge in [-0.05, 0) is 44.2 Å². The fraction of sp³-hybridized carbons (Fsp3) is 0.600. The zero-order chi connectivity index (χ0) is 13.7. The van der Waals surface area contributed by atoms with Crippen molar-refractivity contribution in [3.8, 4) is 0 Å². The highest BCUT2D eigenvalue weighted by molar-refractivity contribution is 6.29. The van der Waals surface area contributed by atoms with Gasteiger partial charge >= 0.3 is 5.97 Å². The van der Waals surface area contributed by atoms with Gasteiger partial charge < -0.3 is 4.74 Å². The Balaban J connectivity index is 2.05. The Morgan fingerprint density at radius 1 is 1.37 bits per heavy atom. The molecule has 0 spiro atoms. The Kier molecular flexibility index (Phi) is 5.20. The van der Waals surface area contributed by atoms with Crippen molar-refractivity contribution in [3.63, 3.8) is 0 Å². The number of aryl methyl sites for hydroxylation is 1. The van der Waals surface area contributed by atoms with Crippen molar-refractivity contribution in [3.05, 3.63) is 28.5 Å². The highest BCUT2D eigenvalue weighted by Gasteiger charge is 2.19. The molecule has 3 nitrogen and oxygen atoms in total. The average Bonchev–Trinajstić information content (AvgIpc) is 2.39. The minimum absolute atomic E-state index is 0.0721. The van der Waals surface area contributed by atoms with Crippen molar-refractivity contribution < 1.29 is 9.53 Å². The van der Waals surface area contributed by atoms with Crippen LogP contribution >= 0.6 is 11.6 Å². The molecule has 0 saturated heterocycles. The number of nitrogens with zero attached hydrogens (tertiary/aromatic N) is 1. The van der Waals surface area contributed by atoms with Crippen LogP contribution in [0.25, 0.3) is 0 Å². The molecule has 4 heteroatoms. The first-order valence-electron chi connectivity index (χ1n) is 7.06. The van der Waals surface area contributed by atoms with Crippen LogP contribution in [0.3, 0.4) is 0 Å². The molecule has 0 aromatic carbocycles. The first kappa shape index (κ1) is 14.3. The summed E-state index contributed by atoms with van der Waals surface area (Å²) in [7, 11) is 0. The molecule has 0 amide bonds. The van der Waals surface area contributed by atoms with Gasteiger partial charge in [-0.2, -0.15) is 0 Å². The van der Waals surface area contributed by atoms with E-state index in [-0.39, 0.29) is 12.1 Å². The lowest BCUT2D eigenvalue weighted by Gasteiger charge is -2.21. The van der Waals surface area contributed by atoms with Gasteiger partial charge in [0.15, 0.2) is 0 Å². The lowest BCUT2D eigenvalue weighted by atomic mass is 9.98. The molecule has 1 aliphatic carbocycles. The van der Waals surface area contributed by atoms with E-state index in [1.165, 1.54) is 6.42 Å². The van der Waals surface area contributed by atoms with Crippen molar-refractivity contribution in [1.29, 1.82) is 0 Å². The van der Waals surface area contributed by atoms with Gasteiger partial charge in [-0.25, -0.2) is 9.78 Å². The van der Waals surface area contributed by atoms with Crippen molar-refractivity contribution in [2.75, 3.05) is 0 Å². The normalized spacial score (nSPS) is 16.3. The summed E-state index contributed by atoms with van der Waals surface area (Å²) in [6.45, 7) is 2.07. The number of carbonyl (C=O) groups excluding carboxylic acids is 1. The number of hydrogen-bond donors (Lipinski definition) is 0. The fourth-order valence-electron chi connectivity index (χ4n) is 2.46. The van der Waals surface area contributed by atoms with E-state index in [0.717, 1.165) is 44.2 Å². The molecule has 0 bridgehead atoms. The van der Waals surface area contributed by atoms with Crippen LogP contribution in [-0.2, 0) is 11.2 Å². The second-order valence-electron chi connectivity index (χ2n) is 5.09. The van der Waals surface area contributed by atoms with Crippen molar-refractivity contribution in [1.82, 2.24) is 4.98 Å². The Hall–Kier alpha value is -1.09. The van der Waals surface area contributed by atoms with Gasteiger partial charge in [0, 0.05) is 5.69 Å². The minimum atomic E-state index is -0.270. The number of esters is 1. The van der Waals surface area contributed by atoms with E-state index in [0.29, 0.717) is 10.7 Å². The van der Waals surface area contributed by atoms with Gasteiger partial charge in [0.2, 0.25) is 0 Å². The number of halogens is 1. The average molecular weight is 282 g/mol. The lowest BCUT2D eigenvalue weighted by molar-refractivity contribution is 0.0211. The molecule has 1 aromatic rings. The molecular weight excluding hydrogens is 262 g/mol. The highest BCUT2D eigenvalue weighted by atomic mass is 35.5. The minimum Gasteiger partial charge on any atom is -0.459 e. The molecule has 0 atom stereocenters. The monoisotopic (exact) mass is 281 g/mol. The van der Waals surface area contributed by atoms with E-state index in [9.17, 15) is 4.79 Å². The maximum Gasteiger partial charge on any atom is 0.338 e. The third-order valence-corrected chi connectivity index (χ3v) is 3.61. The molecule has 1 saturated carbocycles. The molecular formula is C15H20ClNO2. The van der Waals surface area contributed by atoms with Gasteiger partial charge in [0.25, 0.3) is 0 Å². The van der Waals surface area contributed by atoms with Gasteiger partial charge in [-0.3, -0.25) is 0 Å². The van der Waals surface area contributed by atoms with Crippen LogP contribution in [0.15, 0.2) is 12.1 Å². The first-order chi connectivity index (χ1) is 9.19. The molecule has 0 radical (unpaired) electrons. The third kappa shape index (κ3) is 4.20. The van der Waals surface area contributed by atoms with Crippen molar-refractivity contribution in [2.45, 2.75) is 58.0 Å². The SMILES string of the molecule is CCCc1cc(C(=O)OC2CCCCC2)cc(Cl)n1. The summed E-state index contributed by atoms with van der Waals surface area (Å²) in [5, 5.41) is 0.363. The Morgan fingerprint density at radius 2 is 2.11 bits per heavy atom. The molecule has 0 N–H and O–H groups in total. The van der Waals surface area contributed by atoms with Gasteiger partial charge in [0.05, 0.1) is 5.56 Å². The smallest absolute Gasteiger partial charge is 0.338 e. The fourth-order valence-corrected chi connectivity index (χ4v) is 2.68. The van der Waals surface area contributed by atoms with E-state index >= 15 is 0 Å². The number of carbonyl (C=O) groups is 1. The van der Waals surface area contributed by atoms with Crippen LogP contribution in [0.5, 0.6) is 0 Å². The first-order valence-corrected chi connectivity index (χ1v) is 7.44. The van der Waals surface area contributed by atoms with Crippen LogP contribution in [0, 0.1) is 0 Å². The van der Waals surface area contributed by atoms with Crippen LogP contribution in [0.1, 0.15) is 61.5 Å². The molecule has 1 aromatic heterocycles. The highest BCUT2D eigenvalue weighted by Crippen LogP contribution is 2.22. The molecule has 1 aliphatic rings. The van der Waals surface area contributed by atoms with Crippen molar-refractivity contribution >= 4 is 17.6 Å². The number of ether oxygens (including phenoxy) is 1. The summed E-state index contributed by atoms with van der Waals surface area (Å²) in [4.78, 5) is 16.3. The van der Waals surface area contributed by atoms with E-state index in [1.54, 1.807) is 12.1 Å². The molecule has 1 fully saturated rings. The third-order valence-electron chi connectivity index (χ3n) is 3.41. The lowest BCUT2D eigenvalue weighted by Crippen LogP contribution is -2.21. The van der Waals surface area contributed by atoms with Crippen LogP contribution in [-0.4, -0.2) is 17.1 Å². The second kappa shape index (κ2) is 6.90. The topological polar surface area (TPSA) is 39.2 Å². The summed E-state index contributed by atoms with van der Waals surface area (Å²) >= 11 is 5.95. The summed E-state index contributed by atoms with van der Waals surface area (Å²) in [5.41, 5.74) is 1.37. The number of aromatic nitrogens is 1. The quantitative estimate of drug-likeness (QED) is 0.614. The van der Waals surface area contributed by atoms with Crippen LogP contribution < -0.4 is 0 Å². The second-order valence-corrected chi connectivity index (χ2v) is 5.47. The van der Waals surface area contributed by atoms with E-state index in [2.05, 4.69) is 11.9 Å². The van der Waals surface area contributed by atoms with E-state index in [4.69, 9.17) is 16.3 Å². The Labute approximate surface area is 119 Å². The van der Waals surface area contributed by atoms with Gasteiger partial charge in [-0.15, -0.1) is 0 Å². The summed E-state index contributed by atoms with van der Waals surface area (Å²) in [6, 6.07) is 3.38. The zero-order valence-corrected chi connectivity index (χ0v) is 12.1. The Morgan fingerprint density at radius 3 is 2.79 bits per heavy atom. The molecule has 2 rings (SSSR count). The standard InChI is InChI=1S/C15H20ClNO2/c1-2-6-12-9-11(10-14(16)17-12)15(18)19-13-7-4-3-5-8-13/h9-10,13H,2-8H2,1H3. The van der Waals surface area contributed by atoms with Gasteiger partial charge in [0.1, 0.15) is 11.3 Å². The predicted octanol–water partition coefficient (Wildman–Crippen LogP) is 4.18. The summed E-state index contributed by atoms with van der Waals surface area (Å²) in [5.74, 6) is -0.270. The van der Waals surface area contributed by atoms with Crippen molar-refractivity contribution in [2.24, 2.45) is 0 Å². The zero-order valence-electron chi connectivity index (χ0n) is 11.3. The summed E-state index contributed by atoms with van der Waals surface area (Å²) < 4.78 is 5.54. The molecule has 0 unspecified atom stereocenters. The van der Waals surface area contributed by atoms with Crippen LogP contribution in [0.2, 0.25) is 5.15 Å². The largest absolute Gasteiger partial charge is 0.459 e. The number of rotatable bonds is 4. The molecule has 104 valence electrons. The molecule has 0 aliphatic heterocycles. The number of hydrogen-bond acceptors (Lipinski definition) is 3.